The van der Waals surface area contributed by atoms with Crippen LogP contribution < -0.4 is 11.1 Å². The fraction of sp³-hybridized carbons (Fsp3) is 0.333. The Hall–Kier alpha value is -1.37. The Morgan fingerprint density at radius 3 is 2.84 bits per heavy atom. The molecule has 2 heterocycles. The number of hydrogen-bond donors (Lipinski definition) is 2. The van der Waals surface area contributed by atoms with Gasteiger partial charge in [-0.05, 0) is 19.1 Å². The van der Waals surface area contributed by atoms with Crippen LogP contribution in [0.3, 0.4) is 0 Å². The lowest BCUT2D eigenvalue weighted by Gasteiger charge is -2.13. The highest BCUT2D eigenvalue weighted by Crippen LogP contribution is 2.25. The zero-order chi connectivity index (χ0) is 13.1. The van der Waals surface area contributed by atoms with E-state index in [1.165, 1.54) is 11.3 Å². The van der Waals surface area contributed by atoms with Gasteiger partial charge in [0.15, 0.2) is 10.9 Å². The third kappa shape index (κ3) is 3.79. The van der Waals surface area contributed by atoms with E-state index < -0.39 is 0 Å². The SMILES string of the molecule is CC(N)C(C)C(=O)Nc1nc(-c2ccco2)cs1.Cl. The number of anilines is 1. The third-order valence-corrected chi connectivity index (χ3v) is 3.47. The number of amides is 1. The summed E-state index contributed by atoms with van der Waals surface area (Å²) < 4.78 is 5.23. The number of nitrogens with two attached hydrogens (primary N) is 1. The minimum atomic E-state index is -0.249. The molecule has 2 aromatic heterocycles. The molecule has 0 aliphatic heterocycles. The minimum absolute atomic E-state index is 0. The maximum absolute atomic E-state index is 11.8. The van der Waals surface area contributed by atoms with Crippen molar-refractivity contribution in [3.05, 3.63) is 23.8 Å². The molecule has 0 aliphatic carbocycles. The van der Waals surface area contributed by atoms with Crippen LogP contribution in [0.2, 0.25) is 0 Å². The summed E-state index contributed by atoms with van der Waals surface area (Å²) in [4.78, 5) is 16.1. The highest BCUT2D eigenvalue weighted by Gasteiger charge is 2.18. The number of thiazole rings is 1. The van der Waals surface area contributed by atoms with Crippen molar-refractivity contribution in [1.82, 2.24) is 4.98 Å². The average Bonchev–Trinajstić information content (AvgIpc) is 2.96. The zero-order valence-corrected chi connectivity index (χ0v) is 12.3. The van der Waals surface area contributed by atoms with E-state index in [4.69, 9.17) is 10.2 Å². The molecule has 1 amide bonds. The normalized spacial score (nSPS) is 13.4. The van der Waals surface area contributed by atoms with Gasteiger partial charge in [-0.25, -0.2) is 4.98 Å². The summed E-state index contributed by atoms with van der Waals surface area (Å²) in [6.07, 6.45) is 1.59. The Kier molecular flexibility index (Phi) is 5.53. The van der Waals surface area contributed by atoms with Crippen LogP contribution in [0.4, 0.5) is 5.13 Å². The Balaban J connectivity index is 0.00000180. The van der Waals surface area contributed by atoms with Crippen LogP contribution in [0, 0.1) is 5.92 Å². The monoisotopic (exact) mass is 301 g/mol. The molecule has 2 rings (SSSR count). The third-order valence-electron chi connectivity index (χ3n) is 2.71. The van der Waals surface area contributed by atoms with E-state index >= 15 is 0 Å². The van der Waals surface area contributed by atoms with Crippen molar-refractivity contribution in [3.8, 4) is 11.5 Å². The first-order chi connectivity index (χ1) is 8.58. The first-order valence-electron chi connectivity index (χ1n) is 5.64. The maximum atomic E-state index is 11.8. The summed E-state index contributed by atoms with van der Waals surface area (Å²) in [5, 5.41) is 5.14. The number of halogens is 1. The predicted octanol–water partition coefficient (Wildman–Crippen LogP) is 2.75. The molecule has 0 aromatic carbocycles. The lowest BCUT2D eigenvalue weighted by Crippen LogP contribution is -2.34. The number of aromatic nitrogens is 1. The van der Waals surface area contributed by atoms with Gasteiger partial charge in [0.2, 0.25) is 5.91 Å². The number of nitrogens with zero attached hydrogens (tertiary/aromatic N) is 1. The van der Waals surface area contributed by atoms with Gasteiger partial charge in [-0.1, -0.05) is 6.92 Å². The summed E-state index contributed by atoms with van der Waals surface area (Å²) in [7, 11) is 0. The summed E-state index contributed by atoms with van der Waals surface area (Å²) in [6, 6.07) is 3.44. The highest BCUT2D eigenvalue weighted by atomic mass is 35.5. The Morgan fingerprint density at radius 1 is 1.53 bits per heavy atom. The maximum Gasteiger partial charge on any atom is 0.230 e. The molecule has 0 radical (unpaired) electrons. The second-order valence-corrected chi connectivity index (χ2v) is 5.01. The molecule has 5 nitrogen and oxygen atoms in total. The van der Waals surface area contributed by atoms with Crippen LogP contribution in [-0.2, 0) is 4.79 Å². The highest BCUT2D eigenvalue weighted by molar-refractivity contribution is 7.14. The summed E-state index contributed by atoms with van der Waals surface area (Å²) >= 11 is 1.36. The molecular formula is C12H16ClN3O2S. The van der Waals surface area contributed by atoms with Gasteiger partial charge >= 0.3 is 0 Å². The van der Waals surface area contributed by atoms with E-state index in [1.54, 1.807) is 26.2 Å². The molecule has 0 spiro atoms. The van der Waals surface area contributed by atoms with Crippen LogP contribution in [0.1, 0.15) is 13.8 Å². The molecule has 3 N–H and O–H groups in total. The number of rotatable bonds is 4. The van der Waals surface area contributed by atoms with Crippen LogP contribution in [-0.4, -0.2) is 16.9 Å². The van der Waals surface area contributed by atoms with Gasteiger partial charge in [-0.15, -0.1) is 23.7 Å². The fourth-order valence-electron chi connectivity index (χ4n) is 1.33. The molecule has 0 fully saturated rings. The molecule has 0 aliphatic rings. The molecule has 2 atom stereocenters. The van der Waals surface area contributed by atoms with E-state index in [9.17, 15) is 4.79 Å². The molecule has 19 heavy (non-hydrogen) atoms. The number of carbonyl (C=O) groups excluding carboxylic acids is 1. The summed E-state index contributed by atoms with van der Waals surface area (Å²) in [6.45, 7) is 3.60. The largest absolute Gasteiger partial charge is 0.463 e. The molecule has 2 aromatic rings. The van der Waals surface area contributed by atoms with Crippen molar-refractivity contribution in [2.45, 2.75) is 19.9 Å². The van der Waals surface area contributed by atoms with Gasteiger partial charge in [0.05, 0.1) is 12.2 Å². The lowest BCUT2D eigenvalue weighted by atomic mass is 10.0. The van der Waals surface area contributed by atoms with Gasteiger partial charge in [0.25, 0.3) is 0 Å². The first kappa shape index (κ1) is 15.7. The summed E-state index contributed by atoms with van der Waals surface area (Å²) in [5.74, 6) is 0.318. The Bertz CT molecular complexity index is 525. The number of nitrogens with one attached hydrogen (secondary N) is 1. The topological polar surface area (TPSA) is 81.2 Å². The van der Waals surface area contributed by atoms with E-state index in [2.05, 4.69) is 10.3 Å². The molecule has 0 saturated carbocycles. The second-order valence-electron chi connectivity index (χ2n) is 4.15. The molecular weight excluding hydrogens is 286 g/mol. The molecule has 0 saturated heterocycles. The van der Waals surface area contributed by atoms with Crippen molar-refractivity contribution < 1.29 is 9.21 Å². The van der Waals surface area contributed by atoms with Crippen LogP contribution in [0.5, 0.6) is 0 Å². The van der Waals surface area contributed by atoms with Crippen LogP contribution in [0.15, 0.2) is 28.2 Å². The molecule has 7 heteroatoms. The van der Waals surface area contributed by atoms with Gasteiger partial charge in [0, 0.05) is 11.4 Å². The van der Waals surface area contributed by atoms with Gasteiger partial charge in [0.1, 0.15) is 5.69 Å². The van der Waals surface area contributed by atoms with Crippen LogP contribution in [0.25, 0.3) is 11.5 Å². The molecule has 104 valence electrons. The van der Waals surface area contributed by atoms with E-state index in [-0.39, 0.29) is 30.3 Å². The predicted molar refractivity (Wildman–Crippen MR) is 78.5 cm³/mol. The van der Waals surface area contributed by atoms with Gasteiger partial charge in [-0.3, -0.25) is 4.79 Å². The molecule has 0 bridgehead atoms. The van der Waals surface area contributed by atoms with Gasteiger partial charge in [-0.2, -0.15) is 0 Å². The quantitative estimate of drug-likeness (QED) is 0.910. The minimum Gasteiger partial charge on any atom is -0.463 e. The number of furan rings is 1. The van der Waals surface area contributed by atoms with Crippen LogP contribution >= 0.6 is 23.7 Å². The van der Waals surface area contributed by atoms with E-state index in [1.807, 2.05) is 11.4 Å². The lowest BCUT2D eigenvalue weighted by molar-refractivity contribution is -0.119. The Morgan fingerprint density at radius 2 is 2.26 bits per heavy atom. The van der Waals surface area contributed by atoms with E-state index in [0.717, 1.165) is 0 Å². The van der Waals surface area contributed by atoms with E-state index in [0.29, 0.717) is 16.6 Å². The first-order valence-corrected chi connectivity index (χ1v) is 6.51. The smallest absolute Gasteiger partial charge is 0.230 e. The van der Waals surface area contributed by atoms with Gasteiger partial charge < -0.3 is 15.5 Å². The van der Waals surface area contributed by atoms with Crippen molar-refractivity contribution in [3.63, 3.8) is 0 Å². The zero-order valence-electron chi connectivity index (χ0n) is 10.6. The molecule has 2 unspecified atom stereocenters. The fourth-order valence-corrected chi connectivity index (χ4v) is 2.03. The average molecular weight is 302 g/mol. The number of hydrogen-bond acceptors (Lipinski definition) is 5. The van der Waals surface area contributed by atoms with Crippen molar-refractivity contribution >= 4 is 34.8 Å². The van der Waals surface area contributed by atoms with Crippen molar-refractivity contribution in [1.29, 1.82) is 0 Å². The Labute approximate surface area is 121 Å². The summed E-state index contributed by atoms with van der Waals surface area (Å²) in [5.41, 5.74) is 6.40. The standard InChI is InChI=1S/C12H15N3O2S.ClH/c1-7(8(2)13)11(16)15-12-14-9(6-18-12)10-4-3-5-17-10;/h3-8H,13H2,1-2H3,(H,14,15,16);1H. The van der Waals surface area contributed by atoms with Crippen molar-refractivity contribution in [2.75, 3.05) is 5.32 Å². The second kappa shape index (κ2) is 6.70. The number of carbonyl (C=O) groups is 1. The van der Waals surface area contributed by atoms with Crippen molar-refractivity contribution in [2.24, 2.45) is 11.7 Å².